The van der Waals surface area contributed by atoms with Crippen LogP contribution in [0.25, 0.3) is 0 Å². The van der Waals surface area contributed by atoms with E-state index in [0.717, 1.165) is 57.6 Å². The van der Waals surface area contributed by atoms with E-state index in [9.17, 15) is 0 Å². The van der Waals surface area contributed by atoms with Crippen molar-refractivity contribution in [3.05, 3.63) is 0 Å². The van der Waals surface area contributed by atoms with E-state index in [1.165, 1.54) is 25.7 Å². The van der Waals surface area contributed by atoms with Crippen molar-refractivity contribution in [2.24, 2.45) is 10.9 Å². The number of hydrogen-bond acceptors (Lipinski definition) is 3. The van der Waals surface area contributed by atoms with Crippen LogP contribution >= 0.6 is 0 Å². The Kier molecular flexibility index (Phi) is 11.1. The molecule has 0 aliphatic carbocycles. The number of guanidine groups is 1. The number of hydrogen-bond donors (Lipinski definition) is 2. The second kappa shape index (κ2) is 12.7. The van der Waals surface area contributed by atoms with Crippen LogP contribution in [0, 0.1) is 5.92 Å². The molecule has 1 aliphatic rings. The number of nitrogens with one attached hydrogen (secondary N) is 2. The lowest BCUT2D eigenvalue weighted by Crippen LogP contribution is -2.38. The second-order valence-electron chi connectivity index (χ2n) is 6.38. The van der Waals surface area contributed by atoms with Gasteiger partial charge in [-0.3, -0.25) is 4.99 Å². The SMILES string of the molecule is CN=C(NCCCCC(C)C)NCCCOCC1CCCO1. The van der Waals surface area contributed by atoms with Gasteiger partial charge in [0.15, 0.2) is 5.96 Å². The minimum absolute atomic E-state index is 0.327. The van der Waals surface area contributed by atoms with Gasteiger partial charge < -0.3 is 20.1 Å². The van der Waals surface area contributed by atoms with Crippen LogP contribution < -0.4 is 10.6 Å². The Labute approximate surface area is 136 Å². The number of rotatable bonds is 11. The standard InChI is InChI=1S/C17H35N3O2/c1-15(2)8-4-5-10-19-17(18-3)20-11-7-12-21-14-16-9-6-13-22-16/h15-16H,4-14H2,1-3H3,(H2,18,19,20). The molecule has 0 saturated carbocycles. The zero-order valence-electron chi connectivity index (χ0n) is 14.7. The highest BCUT2D eigenvalue weighted by atomic mass is 16.5. The Morgan fingerprint density at radius 2 is 2.00 bits per heavy atom. The van der Waals surface area contributed by atoms with Crippen LogP contribution in [0.15, 0.2) is 4.99 Å². The maximum atomic E-state index is 5.64. The molecule has 0 aromatic rings. The van der Waals surface area contributed by atoms with Crippen molar-refractivity contribution < 1.29 is 9.47 Å². The molecule has 0 aromatic heterocycles. The molecule has 0 aromatic carbocycles. The van der Waals surface area contributed by atoms with Gasteiger partial charge >= 0.3 is 0 Å². The number of ether oxygens (including phenoxy) is 2. The highest BCUT2D eigenvalue weighted by Gasteiger charge is 2.14. The minimum Gasteiger partial charge on any atom is -0.379 e. The second-order valence-corrected chi connectivity index (χ2v) is 6.38. The summed E-state index contributed by atoms with van der Waals surface area (Å²) in [5.41, 5.74) is 0. The van der Waals surface area contributed by atoms with E-state index in [1.54, 1.807) is 0 Å². The average Bonchev–Trinajstić information content (AvgIpc) is 3.01. The Balaban J connectivity index is 1.90. The summed E-state index contributed by atoms with van der Waals surface area (Å²) in [4.78, 5) is 4.24. The molecule has 0 radical (unpaired) electrons. The molecular weight excluding hydrogens is 278 g/mol. The fourth-order valence-electron chi connectivity index (χ4n) is 2.48. The van der Waals surface area contributed by atoms with Gasteiger partial charge in [-0.05, 0) is 31.6 Å². The summed E-state index contributed by atoms with van der Waals surface area (Å²) in [6.07, 6.45) is 7.41. The van der Waals surface area contributed by atoms with Crippen LogP contribution in [0.3, 0.4) is 0 Å². The predicted octanol–water partition coefficient (Wildman–Crippen LogP) is 2.56. The fourth-order valence-corrected chi connectivity index (χ4v) is 2.48. The van der Waals surface area contributed by atoms with Gasteiger partial charge in [-0.1, -0.05) is 26.7 Å². The summed E-state index contributed by atoms with van der Waals surface area (Å²) < 4.78 is 11.2. The van der Waals surface area contributed by atoms with E-state index in [4.69, 9.17) is 9.47 Å². The van der Waals surface area contributed by atoms with Gasteiger partial charge in [-0.2, -0.15) is 0 Å². The molecule has 1 fully saturated rings. The van der Waals surface area contributed by atoms with E-state index in [1.807, 2.05) is 7.05 Å². The first-order valence-corrected chi connectivity index (χ1v) is 8.86. The quantitative estimate of drug-likeness (QED) is 0.350. The topological polar surface area (TPSA) is 54.9 Å². The van der Waals surface area contributed by atoms with Crippen molar-refractivity contribution in [2.45, 2.75) is 58.5 Å². The van der Waals surface area contributed by atoms with Crippen molar-refractivity contribution in [1.82, 2.24) is 10.6 Å². The summed E-state index contributed by atoms with van der Waals surface area (Å²) in [7, 11) is 1.82. The Bertz CT molecular complexity index is 290. The van der Waals surface area contributed by atoms with Crippen molar-refractivity contribution in [3.8, 4) is 0 Å². The molecule has 1 unspecified atom stereocenters. The molecule has 130 valence electrons. The third kappa shape index (κ3) is 10.0. The molecule has 1 atom stereocenters. The lowest BCUT2D eigenvalue weighted by Gasteiger charge is -2.13. The molecule has 1 rings (SSSR count). The van der Waals surface area contributed by atoms with Gasteiger partial charge in [0.25, 0.3) is 0 Å². The third-order valence-electron chi connectivity index (χ3n) is 3.81. The predicted molar refractivity (Wildman–Crippen MR) is 92.5 cm³/mol. The van der Waals surface area contributed by atoms with Crippen LogP contribution in [-0.4, -0.2) is 52.0 Å². The molecule has 0 spiro atoms. The lowest BCUT2D eigenvalue weighted by atomic mass is 10.1. The molecule has 1 aliphatic heterocycles. The number of nitrogens with zero attached hydrogens (tertiary/aromatic N) is 1. The Hall–Kier alpha value is -0.810. The largest absolute Gasteiger partial charge is 0.379 e. The first kappa shape index (κ1) is 19.2. The van der Waals surface area contributed by atoms with Crippen LogP contribution in [0.5, 0.6) is 0 Å². The first-order chi connectivity index (χ1) is 10.7. The van der Waals surface area contributed by atoms with Crippen molar-refractivity contribution in [2.75, 3.05) is 40.0 Å². The highest BCUT2D eigenvalue weighted by molar-refractivity contribution is 5.79. The summed E-state index contributed by atoms with van der Waals surface area (Å²) in [5.74, 6) is 1.69. The van der Waals surface area contributed by atoms with Gasteiger partial charge in [0.1, 0.15) is 0 Å². The Morgan fingerprint density at radius 3 is 2.64 bits per heavy atom. The van der Waals surface area contributed by atoms with Gasteiger partial charge in [0.05, 0.1) is 12.7 Å². The van der Waals surface area contributed by atoms with Crippen LogP contribution in [0.1, 0.15) is 52.4 Å². The van der Waals surface area contributed by atoms with E-state index >= 15 is 0 Å². The van der Waals surface area contributed by atoms with Crippen LogP contribution in [-0.2, 0) is 9.47 Å². The Morgan fingerprint density at radius 1 is 1.23 bits per heavy atom. The summed E-state index contributed by atoms with van der Waals surface area (Å²) in [5, 5.41) is 6.68. The van der Waals surface area contributed by atoms with E-state index in [0.29, 0.717) is 6.10 Å². The summed E-state index contributed by atoms with van der Waals surface area (Å²) >= 11 is 0. The molecule has 1 saturated heterocycles. The zero-order chi connectivity index (χ0) is 16.0. The number of aliphatic imine (C=N–C) groups is 1. The number of unbranched alkanes of at least 4 members (excludes halogenated alkanes) is 1. The molecule has 5 heteroatoms. The van der Waals surface area contributed by atoms with Crippen molar-refractivity contribution in [1.29, 1.82) is 0 Å². The third-order valence-corrected chi connectivity index (χ3v) is 3.81. The van der Waals surface area contributed by atoms with Crippen molar-refractivity contribution >= 4 is 5.96 Å². The summed E-state index contributed by atoms with van der Waals surface area (Å²) in [6.45, 7) is 8.83. The van der Waals surface area contributed by atoms with Crippen LogP contribution in [0.4, 0.5) is 0 Å². The normalized spacial score (nSPS) is 18.9. The fraction of sp³-hybridized carbons (Fsp3) is 0.941. The van der Waals surface area contributed by atoms with Crippen molar-refractivity contribution in [3.63, 3.8) is 0 Å². The summed E-state index contributed by atoms with van der Waals surface area (Å²) in [6, 6.07) is 0. The smallest absolute Gasteiger partial charge is 0.190 e. The first-order valence-electron chi connectivity index (χ1n) is 8.86. The molecule has 22 heavy (non-hydrogen) atoms. The molecule has 2 N–H and O–H groups in total. The van der Waals surface area contributed by atoms with Gasteiger partial charge in [0.2, 0.25) is 0 Å². The van der Waals surface area contributed by atoms with Gasteiger partial charge in [-0.25, -0.2) is 0 Å². The monoisotopic (exact) mass is 313 g/mol. The van der Waals surface area contributed by atoms with Gasteiger partial charge in [-0.15, -0.1) is 0 Å². The van der Waals surface area contributed by atoms with E-state index in [-0.39, 0.29) is 0 Å². The minimum atomic E-state index is 0.327. The molecular formula is C17H35N3O2. The molecule has 5 nitrogen and oxygen atoms in total. The highest BCUT2D eigenvalue weighted by Crippen LogP contribution is 2.11. The van der Waals surface area contributed by atoms with E-state index in [2.05, 4.69) is 29.5 Å². The average molecular weight is 313 g/mol. The van der Waals surface area contributed by atoms with Crippen LogP contribution in [0.2, 0.25) is 0 Å². The van der Waals surface area contributed by atoms with Gasteiger partial charge in [0, 0.05) is 33.4 Å². The molecule has 0 bridgehead atoms. The lowest BCUT2D eigenvalue weighted by molar-refractivity contribution is 0.0168. The molecule has 1 heterocycles. The zero-order valence-corrected chi connectivity index (χ0v) is 14.7. The maximum absolute atomic E-state index is 5.64. The van der Waals surface area contributed by atoms with E-state index < -0.39 is 0 Å². The molecule has 0 amide bonds. The maximum Gasteiger partial charge on any atom is 0.190 e.